The molecule has 1 aliphatic carbocycles. The van der Waals surface area contributed by atoms with Crippen LogP contribution in [0.1, 0.15) is 65.2 Å². The van der Waals surface area contributed by atoms with E-state index in [4.69, 9.17) is 4.74 Å². The largest absolute Gasteiger partial charge is 0.493 e. The van der Waals surface area contributed by atoms with Gasteiger partial charge in [0.1, 0.15) is 11.4 Å². The number of amides is 1. The van der Waals surface area contributed by atoms with Gasteiger partial charge in [-0.25, -0.2) is 0 Å². The van der Waals surface area contributed by atoms with Crippen LogP contribution in [0.15, 0.2) is 18.2 Å². The monoisotopic (exact) mass is 362 g/mol. The van der Waals surface area contributed by atoms with E-state index in [1.54, 1.807) is 12.1 Å². The van der Waals surface area contributed by atoms with Gasteiger partial charge in [0.25, 0.3) is 5.69 Å². The number of nitro benzene ring substituents is 1. The molecule has 0 spiro atoms. The second-order valence-corrected chi connectivity index (χ2v) is 7.13. The van der Waals surface area contributed by atoms with Crippen LogP contribution in [0.4, 0.5) is 11.4 Å². The number of anilines is 1. The molecule has 0 aliphatic heterocycles. The van der Waals surface area contributed by atoms with Gasteiger partial charge in [-0.15, -0.1) is 0 Å². The summed E-state index contributed by atoms with van der Waals surface area (Å²) in [6, 6.07) is 4.61. The number of nitrogens with one attached hydrogen (secondary N) is 1. The second-order valence-electron chi connectivity index (χ2n) is 7.13. The average Bonchev–Trinajstić information content (AvgIpc) is 2.65. The number of hydrogen-bond donors (Lipinski definition) is 1. The summed E-state index contributed by atoms with van der Waals surface area (Å²) in [5.41, 5.74) is 0.125. The molecular weight excluding hydrogens is 332 g/mol. The van der Waals surface area contributed by atoms with Crippen LogP contribution >= 0.6 is 0 Å². The lowest BCUT2D eigenvalue weighted by molar-refractivity contribution is -0.384. The first kappa shape index (κ1) is 20.2. The predicted octanol–water partition coefficient (Wildman–Crippen LogP) is 5.32. The van der Waals surface area contributed by atoms with E-state index in [2.05, 4.69) is 12.2 Å². The first-order valence-electron chi connectivity index (χ1n) is 9.77. The Balaban J connectivity index is 1.97. The third kappa shape index (κ3) is 5.71. The molecule has 1 N–H and O–H groups in total. The summed E-state index contributed by atoms with van der Waals surface area (Å²) in [5, 5.41) is 14.1. The molecule has 0 bridgehead atoms. The van der Waals surface area contributed by atoms with E-state index in [0.29, 0.717) is 12.4 Å². The smallest absolute Gasteiger partial charge is 0.296 e. The van der Waals surface area contributed by atoms with Crippen LogP contribution in [0.25, 0.3) is 0 Å². The van der Waals surface area contributed by atoms with Gasteiger partial charge in [0.05, 0.1) is 17.6 Å². The Labute approximate surface area is 155 Å². The third-order valence-electron chi connectivity index (χ3n) is 5.08. The number of carbonyl (C=O) groups is 1. The van der Waals surface area contributed by atoms with Gasteiger partial charge in [0.2, 0.25) is 5.91 Å². The highest BCUT2D eigenvalue weighted by Gasteiger charge is 2.27. The normalized spacial score (nSPS) is 19.8. The molecule has 0 radical (unpaired) electrons. The maximum Gasteiger partial charge on any atom is 0.296 e. The minimum atomic E-state index is -0.476. The van der Waals surface area contributed by atoms with Crippen molar-refractivity contribution >= 4 is 17.3 Å². The van der Waals surface area contributed by atoms with E-state index in [1.807, 2.05) is 6.92 Å². The van der Waals surface area contributed by atoms with Crippen LogP contribution in [0, 0.1) is 22.0 Å². The number of nitrogens with zero attached hydrogens (tertiary/aromatic N) is 1. The first-order chi connectivity index (χ1) is 12.5. The highest BCUT2D eigenvalue weighted by molar-refractivity contribution is 5.94. The molecule has 0 saturated heterocycles. The van der Waals surface area contributed by atoms with E-state index in [9.17, 15) is 14.9 Å². The summed E-state index contributed by atoms with van der Waals surface area (Å²) in [7, 11) is 0. The molecule has 6 nitrogen and oxygen atoms in total. The molecule has 1 aromatic carbocycles. The zero-order valence-electron chi connectivity index (χ0n) is 15.8. The lowest BCUT2D eigenvalue weighted by Gasteiger charge is -2.27. The second kappa shape index (κ2) is 10.1. The van der Waals surface area contributed by atoms with Crippen molar-refractivity contribution < 1.29 is 14.5 Å². The van der Waals surface area contributed by atoms with Gasteiger partial charge in [0.15, 0.2) is 0 Å². The van der Waals surface area contributed by atoms with Gasteiger partial charge in [-0.05, 0) is 50.2 Å². The van der Waals surface area contributed by atoms with Crippen molar-refractivity contribution in [2.75, 3.05) is 11.9 Å². The van der Waals surface area contributed by atoms with E-state index in [-0.39, 0.29) is 23.2 Å². The molecule has 26 heavy (non-hydrogen) atoms. The van der Waals surface area contributed by atoms with Crippen molar-refractivity contribution in [2.45, 2.75) is 65.2 Å². The highest BCUT2D eigenvalue weighted by atomic mass is 16.6. The van der Waals surface area contributed by atoms with Crippen LogP contribution in [0.5, 0.6) is 5.75 Å². The van der Waals surface area contributed by atoms with Gasteiger partial charge < -0.3 is 10.1 Å². The zero-order valence-corrected chi connectivity index (χ0v) is 15.8. The molecule has 1 amide bonds. The zero-order chi connectivity index (χ0) is 18.9. The lowest BCUT2D eigenvalue weighted by atomic mass is 9.79. The number of rotatable bonds is 9. The van der Waals surface area contributed by atoms with E-state index >= 15 is 0 Å². The van der Waals surface area contributed by atoms with Crippen molar-refractivity contribution in [1.82, 2.24) is 0 Å². The Kier molecular flexibility index (Phi) is 7.88. The summed E-state index contributed by atoms with van der Waals surface area (Å²) < 4.78 is 5.45. The van der Waals surface area contributed by atoms with Crippen LogP contribution < -0.4 is 10.1 Å². The van der Waals surface area contributed by atoms with Crippen molar-refractivity contribution in [2.24, 2.45) is 11.8 Å². The topological polar surface area (TPSA) is 81.5 Å². The molecule has 0 unspecified atom stereocenters. The van der Waals surface area contributed by atoms with Crippen molar-refractivity contribution in [3.63, 3.8) is 0 Å². The fourth-order valence-corrected chi connectivity index (χ4v) is 3.52. The van der Waals surface area contributed by atoms with Crippen LogP contribution in [0.3, 0.4) is 0 Å². The molecule has 144 valence electrons. The summed E-state index contributed by atoms with van der Waals surface area (Å²) in [4.78, 5) is 23.4. The Morgan fingerprint density at radius 1 is 1.23 bits per heavy atom. The van der Waals surface area contributed by atoms with E-state index in [0.717, 1.165) is 38.0 Å². The van der Waals surface area contributed by atoms with Gasteiger partial charge >= 0.3 is 0 Å². The third-order valence-corrected chi connectivity index (χ3v) is 5.08. The van der Waals surface area contributed by atoms with Gasteiger partial charge in [-0.3, -0.25) is 14.9 Å². The van der Waals surface area contributed by atoms with Gasteiger partial charge in [-0.2, -0.15) is 0 Å². The molecular formula is C20H30N2O4. The number of carbonyl (C=O) groups excluding carboxylic acids is 1. The van der Waals surface area contributed by atoms with Crippen molar-refractivity contribution in [1.29, 1.82) is 0 Å². The fourth-order valence-electron chi connectivity index (χ4n) is 3.52. The fraction of sp³-hybridized carbons (Fsp3) is 0.650. The number of benzene rings is 1. The van der Waals surface area contributed by atoms with Gasteiger partial charge in [-0.1, -0.05) is 33.1 Å². The molecule has 0 aromatic heterocycles. The Morgan fingerprint density at radius 3 is 2.58 bits per heavy atom. The molecule has 0 atom stereocenters. The minimum Gasteiger partial charge on any atom is -0.493 e. The van der Waals surface area contributed by atoms with Crippen molar-refractivity contribution in [3.05, 3.63) is 28.3 Å². The van der Waals surface area contributed by atoms with Gasteiger partial charge in [0, 0.05) is 5.92 Å². The number of ether oxygens (including phenoxy) is 1. The maximum atomic E-state index is 12.6. The highest BCUT2D eigenvalue weighted by Crippen LogP contribution is 2.34. The predicted molar refractivity (Wildman–Crippen MR) is 102 cm³/mol. The summed E-state index contributed by atoms with van der Waals surface area (Å²) in [6.07, 6.45) is 8.41. The lowest BCUT2D eigenvalue weighted by Crippen LogP contribution is -2.27. The van der Waals surface area contributed by atoms with Crippen LogP contribution in [-0.4, -0.2) is 17.4 Å². The number of unbranched alkanes of at least 4 members (excludes halogenated alkanes) is 1. The molecule has 1 aliphatic rings. The maximum absolute atomic E-state index is 12.6. The SMILES string of the molecule is CCCCC1CCC(C(=O)Nc2ccc(OCCC)cc2[N+](=O)[O-])CC1. The molecule has 6 heteroatoms. The van der Waals surface area contributed by atoms with E-state index in [1.165, 1.54) is 25.3 Å². The number of hydrogen-bond acceptors (Lipinski definition) is 4. The minimum absolute atomic E-state index is 0.0523. The summed E-state index contributed by atoms with van der Waals surface area (Å²) >= 11 is 0. The molecule has 1 fully saturated rings. The Hall–Kier alpha value is -2.11. The average molecular weight is 362 g/mol. The van der Waals surface area contributed by atoms with Crippen LogP contribution in [0.2, 0.25) is 0 Å². The standard InChI is InChI=1S/C20H30N2O4/c1-3-5-6-15-7-9-16(10-8-15)20(23)21-18-12-11-17(26-13-4-2)14-19(18)22(24)25/h11-12,14-16H,3-10,13H2,1-2H3,(H,21,23). The quantitative estimate of drug-likeness (QED) is 0.476. The summed E-state index contributed by atoms with van der Waals surface area (Å²) in [5.74, 6) is 1.02. The molecule has 1 saturated carbocycles. The first-order valence-corrected chi connectivity index (χ1v) is 9.77. The van der Waals surface area contributed by atoms with Crippen LogP contribution in [-0.2, 0) is 4.79 Å². The molecule has 0 heterocycles. The Bertz CT molecular complexity index is 610. The molecule has 1 aromatic rings. The summed E-state index contributed by atoms with van der Waals surface area (Å²) in [6.45, 7) is 4.68. The Morgan fingerprint density at radius 2 is 1.96 bits per heavy atom. The number of nitro groups is 1. The van der Waals surface area contributed by atoms with E-state index < -0.39 is 4.92 Å². The van der Waals surface area contributed by atoms with Crippen molar-refractivity contribution in [3.8, 4) is 5.75 Å². The molecule has 2 rings (SSSR count).